The van der Waals surface area contributed by atoms with Gasteiger partial charge in [-0.2, -0.15) is 4.99 Å². The maximum absolute atomic E-state index is 13.3. The van der Waals surface area contributed by atoms with Gasteiger partial charge in [-0.15, -0.1) is 0 Å². The molecule has 0 bridgehead atoms. The van der Waals surface area contributed by atoms with Crippen LogP contribution in [0.15, 0.2) is 64.1 Å². The van der Waals surface area contributed by atoms with E-state index in [9.17, 15) is 14.4 Å². The van der Waals surface area contributed by atoms with Crippen LogP contribution in [0.25, 0.3) is 5.57 Å². The Morgan fingerprint density at radius 2 is 1.73 bits per heavy atom. The maximum atomic E-state index is 13.3. The lowest BCUT2D eigenvalue weighted by atomic mass is 9.81. The first-order chi connectivity index (χ1) is 14.5. The van der Waals surface area contributed by atoms with Crippen LogP contribution in [0.1, 0.15) is 31.8 Å². The van der Waals surface area contributed by atoms with E-state index in [4.69, 9.17) is 10.1 Å². The summed E-state index contributed by atoms with van der Waals surface area (Å²) in [4.78, 5) is 46.4. The van der Waals surface area contributed by atoms with E-state index < -0.39 is 17.8 Å². The predicted molar refractivity (Wildman–Crippen MR) is 109 cm³/mol. The van der Waals surface area contributed by atoms with Gasteiger partial charge in [0, 0.05) is 11.1 Å². The van der Waals surface area contributed by atoms with E-state index in [1.165, 1.54) is 7.11 Å². The van der Waals surface area contributed by atoms with Crippen LogP contribution in [0.4, 0.5) is 0 Å². The lowest BCUT2D eigenvalue weighted by Gasteiger charge is -2.26. The Morgan fingerprint density at radius 3 is 2.43 bits per heavy atom. The van der Waals surface area contributed by atoms with Gasteiger partial charge in [-0.05, 0) is 23.3 Å². The molecule has 8 nitrogen and oxygen atoms in total. The highest BCUT2D eigenvalue weighted by Crippen LogP contribution is 2.42. The number of fused-ring (bicyclic) bond motifs is 4. The van der Waals surface area contributed by atoms with E-state index >= 15 is 0 Å². The summed E-state index contributed by atoms with van der Waals surface area (Å²) < 4.78 is 4.73. The largest absolute Gasteiger partial charge is 0.465 e. The molecule has 1 unspecified atom stereocenters. The first-order valence-electron chi connectivity index (χ1n) is 9.13. The Bertz CT molecular complexity index is 1270. The number of dihydropyridines is 1. The second kappa shape index (κ2) is 6.41. The molecule has 146 valence electrons. The van der Waals surface area contributed by atoms with Gasteiger partial charge in [0.05, 0.1) is 29.9 Å². The number of nitrogens with one attached hydrogen (secondary N) is 2. The molecule has 0 radical (unpaired) electrons. The van der Waals surface area contributed by atoms with Gasteiger partial charge in [-0.1, -0.05) is 36.4 Å². The van der Waals surface area contributed by atoms with E-state index in [2.05, 4.69) is 15.3 Å². The Balaban J connectivity index is 1.75. The molecule has 2 aromatic carbocycles. The summed E-state index contributed by atoms with van der Waals surface area (Å²) in [6.45, 7) is 0. The summed E-state index contributed by atoms with van der Waals surface area (Å²) in [7, 11) is 1.29. The summed E-state index contributed by atoms with van der Waals surface area (Å²) in [6, 6.07) is 13.6. The van der Waals surface area contributed by atoms with Crippen molar-refractivity contribution in [2.45, 2.75) is 0 Å². The van der Waals surface area contributed by atoms with Crippen molar-refractivity contribution < 1.29 is 19.1 Å². The van der Waals surface area contributed by atoms with Gasteiger partial charge < -0.3 is 4.74 Å². The van der Waals surface area contributed by atoms with Gasteiger partial charge in [0.2, 0.25) is 5.96 Å². The number of allylic oxidation sites excluding steroid dienone is 1. The molecule has 0 saturated heterocycles. The number of esters is 1. The lowest BCUT2D eigenvalue weighted by Crippen LogP contribution is -2.41. The van der Waals surface area contributed by atoms with E-state index in [0.29, 0.717) is 33.5 Å². The summed E-state index contributed by atoms with van der Waals surface area (Å²) in [5.41, 5.74) is 3.28. The van der Waals surface area contributed by atoms with Crippen molar-refractivity contribution in [3.05, 3.63) is 76.4 Å². The van der Waals surface area contributed by atoms with Crippen LogP contribution in [0.2, 0.25) is 0 Å². The fourth-order valence-corrected chi connectivity index (χ4v) is 4.01. The van der Waals surface area contributed by atoms with Gasteiger partial charge >= 0.3 is 5.97 Å². The third-order valence-corrected chi connectivity index (χ3v) is 5.31. The number of amides is 1. The Kier molecular flexibility index (Phi) is 3.82. The van der Waals surface area contributed by atoms with Gasteiger partial charge in [0.15, 0.2) is 11.6 Å². The highest BCUT2D eigenvalue weighted by Gasteiger charge is 2.46. The zero-order valence-electron chi connectivity index (χ0n) is 15.7. The molecule has 1 amide bonds. The smallest absolute Gasteiger partial charge is 0.337 e. The minimum absolute atomic E-state index is 0.103. The number of methoxy groups -OCH3 is 1. The molecule has 8 heteroatoms. The van der Waals surface area contributed by atoms with Crippen molar-refractivity contribution in [1.82, 2.24) is 5.32 Å². The Hall–Kier alpha value is -4.20. The molecule has 0 saturated carbocycles. The summed E-state index contributed by atoms with van der Waals surface area (Å²) in [5, 5.41) is 10.1. The van der Waals surface area contributed by atoms with Gasteiger partial charge in [-0.3, -0.25) is 20.3 Å². The van der Waals surface area contributed by atoms with Gasteiger partial charge in [0.1, 0.15) is 0 Å². The number of carbonyl (C=O) groups is 3. The summed E-state index contributed by atoms with van der Waals surface area (Å²) in [6.07, 6.45) is 0. The number of Topliss-reactive ketones (excluding diaryl/α,β-unsaturated/α-hetero) is 1. The summed E-state index contributed by atoms with van der Waals surface area (Å²) in [5.74, 6) is -2.15. The van der Waals surface area contributed by atoms with Crippen molar-refractivity contribution in [2.24, 2.45) is 15.9 Å². The van der Waals surface area contributed by atoms with Crippen molar-refractivity contribution in [1.29, 1.82) is 5.41 Å². The van der Waals surface area contributed by atoms with Crippen LogP contribution in [-0.2, 0) is 9.53 Å². The molecule has 1 atom stereocenters. The number of nitrogens with zero attached hydrogens (tertiary/aromatic N) is 2. The van der Waals surface area contributed by atoms with Crippen LogP contribution < -0.4 is 5.32 Å². The van der Waals surface area contributed by atoms with Crippen LogP contribution in [0.3, 0.4) is 0 Å². The van der Waals surface area contributed by atoms with E-state index in [0.717, 1.165) is 0 Å². The molecule has 2 N–H and O–H groups in total. The Labute approximate surface area is 170 Å². The SMILES string of the molecule is COC(=O)c1ccc(C2=C3C(=O)NC(=N)N=C3N=C3c4ccccc4C(=O)C32)cc1. The molecule has 2 aromatic rings. The van der Waals surface area contributed by atoms with Crippen LogP contribution in [0.5, 0.6) is 0 Å². The number of amidine groups is 1. The third-order valence-electron chi connectivity index (χ3n) is 5.31. The number of ketones is 1. The third kappa shape index (κ3) is 2.47. The molecule has 2 aliphatic heterocycles. The normalized spacial score (nSPS) is 19.4. The van der Waals surface area contributed by atoms with E-state index in [-0.39, 0.29) is 23.2 Å². The molecule has 2 heterocycles. The fraction of sp³-hybridized carbons (Fsp3) is 0.0909. The molecule has 1 aliphatic carbocycles. The number of hydrogen-bond acceptors (Lipinski definition) is 6. The van der Waals surface area contributed by atoms with Gasteiger partial charge in [0.25, 0.3) is 5.91 Å². The predicted octanol–water partition coefficient (Wildman–Crippen LogP) is 2.01. The first-order valence-corrected chi connectivity index (χ1v) is 9.13. The first kappa shape index (κ1) is 17.9. The van der Waals surface area contributed by atoms with Crippen molar-refractivity contribution >= 4 is 40.7 Å². The minimum Gasteiger partial charge on any atom is -0.465 e. The average Bonchev–Trinajstić information content (AvgIpc) is 3.04. The molecule has 30 heavy (non-hydrogen) atoms. The second-order valence-electron chi connectivity index (χ2n) is 6.94. The number of guanidine groups is 1. The van der Waals surface area contributed by atoms with Gasteiger partial charge in [-0.25, -0.2) is 9.79 Å². The molecule has 5 rings (SSSR count). The highest BCUT2D eigenvalue weighted by molar-refractivity contribution is 6.44. The minimum atomic E-state index is -0.765. The fourth-order valence-electron chi connectivity index (χ4n) is 4.01. The standard InChI is InChI=1S/C22H14N4O4/c1-30-21(29)11-8-6-10(7-9-11)14-15-17(12-4-2-3-5-13(12)18(15)27)24-19-16(14)20(28)26-22(23)25-19/h2-9,15H,1H3,(H2,23,26,28). The zero-order valence-corrected chi connectivity index (χ0v) is 15.7. The van der Waals surface area contributed by atoms with Crippen LogP contribution in [0, 0.1) is 11.3 Å². The molecule has 0 spiro atoms. The monoisotopic (exact) mass is 398 g/mol. The number of aliphatic imine (C=N–C) groups is 2. The second-order valence-corrected chi connectivity index (χ2v) is 6.94. The number of ether oxygens (including phenoxy) is 1. The van der Waals surface area contributed by atoms with E-state index in [1.54, 1.807) is 36.4 Å². The van der Waals surface area contributed by atoms with Crippen LogP contribution in [-0.4, -0.2) is 42.3 Å². The number of carbonyl (C=O) groups excluding carboxylic acids is 3. The molecule has 0 fully saturated rings. The van der Waals surface area contributed by atoms with Crippen molar-refractivity contribution in [2.75, 3.05) is 7.11 Å². The summed E-state index contributed by atoms with van der Waals surface area (Å²) >= 11 is 0. The highest BCUT2D eigenvalue weighted by atomic mass is 16.5. The lowest BCUT2D eigenvalue weighted by molar-refractivity contribution is -0.115. The molecule has 3 aliphatic rings. The number of benzene rings is 2. The topological polar surface area (TPSA) is 121 Å². The Morgan fingerprint density at radius 1 is 1.03 bits per heavy atom. The zero-order chi connectivity index (χ0) is 21.0. The number of rotatable bonds is 2. The maximum Gasteiger partial charge on any atom is 0.337 e. The van der Waals surface area contributed by atoms with Crippen molar-refractivity contribution in [3.63, 3.8) is 0 Å². The number of hydrogen-bond donors (Lipinski definition) is 2. The van der Waals surface area contributed by atoms with Crippen LogP contribution >= 0.6 is 0 Å². The van der Waals surface area contributed by atoms with Crippen molar-refractivity contribution in [3.8, 4) is 0 Å². The molecule has 0 aromatic heterocycles. The quantitative estimate of drug-likeness (QED) is 0.752. The van der Waals surface area contributed by atoms with E-state index in [1.807, 2.05) is 12.1 Å². The average molecular weight is 398 g/mol. The molecular weight excluding hydrogens is 384 g/mol. The molecular formula is C22H14N4O4.